The molecule has 11 heteroatoms. The number of halogens is 3. The van der Waals surface area contributed by atoms with E-state index in [1.54, 1.807) is 0 Å². The molecule has 4 atom stereocenters. The maximum Gasteiger partial charge on any atom is 0.318 e. The number of nitrogens with zero attached hydrogens (tertiary/aromatic N) is 5. The van der Waals surface area contributed by atoms with Crippen molar-refractivity contribution in [3.05, 3.63) is 47.2 Å². The first-order chi connectivity index (χ1) is 20.7. The zero-order valence-corrected chi connectivity index (χ0v) is 23.4. The molecule has 2 bridgehead atoms. The third-order valence-electron chi connectivity index (χ3n) is 9.94. The van der Waals surface area contributed by atoms with Gasteiger partial charge in [-0.15, -0.1) is 0 Å². The average Bonchev–Trinajstić information content (AvgIpc) is 3.60. The van der Waals surface area contributed by atoms with Crippen molar-refractivity contribution >= 4 is 22.3 Å². The Morgan fingerprint density at radius 1 is 1.10 bits per heavy atom. The second-order valence-electron chi connectivity index (χ2n) is 12.6. The Kier molecular flexibility index (Phi) is 5.93. The molecule has 0 spiro atoms. The van der Waals surface area contributed by atoms with Gasteiger partial charge < -0.3 is 25.0 Å². The van der Waals surface area contributed by atoms with E-state index in [0.29, 0.717) is 42.7 Å². The van der Waals surface area contributed by atoms with Gasteiger partial charge in [0.05, 0.1) is 24.8 Å². The molecular formula is C31H35F3N6O2. The van der Waals surface area contributed by atoms with Crippen molar-refractivity contribution < 1.29 is 24.4 Å². The molecule has 5 aliphatic rings. The molecule has 0 unspecified atom stereocenters. The van der Waals surface area contributed by atoms with Gasteiger partial charge in [0.15, 0.2) is 11.6 Å². The summed E-state index contributed by atoms with van der Waals surface area (Å²) in [5.41, 5.74) is 1.61. The lowest BCUT2D eigenvalue weighted by molar-refractivity contribution is 0.107. The van der Waals surface area contributed by atoms with Crippen LogP contribution in [0.4, 0.5) is 24.7 Å². The molecule has 6 heterocycles. The molecule has 0 saturated carbocycles. The topological polar surface area (TPSA) is 77.0 Å². The number of nitrogens with one attached hydrogen (secondary N) is 1. The zero-order chi connectivity index (χ0) is 29.5. The van der Waals surface area contributed by atoms with Crippen molar-refractivity contribution in [2.24, 2.45) is 0 Å². The van der Waals surface area contributed by atoms with Gasteiger partial charge in [-0.2, -0.15) is 9.97 Å². The van der Waals surface area contributed by atoms with Crippen LogP contribution in [-0.4, -0.2) is 83.1 Å². The standard InChI is InChI=1S/C31H35F3N6O2/c32-19-12-31(7-1-8-40(31)13-19)17-42-30-36-25-16-38(26-11-22(41)10-18-2-5-24(33)28(34)27(18)26)9-6-23(25)29(37-30)39-14-20-3-4-21(15-39)35-20/h2,5,10-11,19-21,35,41H,1,3-4,6-9,12-17H2/t19-,20-,21+,31+/m1/s1/i19D. The van der Waals surface area contributed by atoms with Crippen LogP contribution in [0.2, 0.25) is 0 Å². The summed E-state index contributed by atoms with van der Waals surface area (Å²) in [6.45, 7) is 3.49. The fraction of sp³-hybridized carbons (Fsp3) is 0.548. The van der Waals surface area contributed by atoms with Crippen LogP contribution in [-0.2, 0) is 13.0 Å². The summed E-state index contributed by atoms with van der Waals surface area (Å²) in [5, 5.41) is 14.7. The van der Waals surface area contributed by atoms with E-state index in [1.807, 2.05) is 9.80 Å². The number of fused-ring (bicyclic) bond motifs is 5. The third kappa shape index (κ3) is 4.35. The molecule has 0 radical (unpaired) electrons. The number of aromatic hydroxyl groups is 1. The predicted molar refractivity (Wildman–Crippen MR) is 153 cm³/mol. The smallest absolute Gasteiger partial charge is 0.318 e. The molecular weight excluding hydrogens is 545 g/mol. The Balaban J connectivity index is 1.16. The van der Waals surface area contributed by atoms with Crippen molar-refractivity contribution in [2.75, 3.05) is 49.1 Å². The minimum Gasteiger partial charge on any atom is -0.508 e. The van der Waals surface area contributed by atoms with Gasteiger partial charge in [-0.3, -0.25) is 4.90 Å². The number of hydrogen-bond donors (Lipinski definition) is 2. The number of piperazine rings is 1. The molecule has 42 heavy (non-hydrogen) atoms. The van der Waals surface area contributed by atoms with Crippen LogP contribution in [0, 0.1) is 11.6 Å². The molecule has 5 aliphatic heterocycles. The van der Waals surface area contributed by atoms with E-state index in [4.69, 9.17) is 16.1 Å². The largest absolute Gasteiger partial charge is 0.508 e. The van der Waals surface area contributed by atoms with Crippen LogP contribution in [0.3, 0.4) is 0 Å². The van der Waals surface area contributed by atoms with E-state index in [0.717, 1.165) is 68.5 Å². The quantitative estimate of drug-likeness (QED) is 0.467. The number of phenolic OH excluding ortho intramolecular Hbond substituents is 1. The van der Waals surface area contributed by atoms with Gasteiger partial charge in [0.1, 0.15) is 24.3 Å². The monoisotopic (exact) mass is 581 g/mol. The number of ether oxygens (including phenoxy) is 1. The number of benzene rings is 2. The highest BCUT2D eigenvalue weighted by Crippen LogP contribution is 2.41. The van der Waals surface area contributed by atoms with Crippen molar-refractivity contribution in [2.45, 2.75) is 68.8 Å². The Hall–Kier alpha value is -3.31. The average molecular weight is 582 g/mol. The number of hydrogen-bond acceptors (Lipinski definition) is 8. The molecule has 3 aromatic rings. The fourth-order valence-electron chi connectivity index (χ4n) is 7.97. The second kappa shape index (κ2) is 9.87. The normalized spacial score (nSPS) is 31.0. The van der Waals surface area contributed by atoms with Gasteiger partial charge in [-0.1, -0.05) is 6.07 Å². The molecule has 8 nitrogen and oxygen atoms in total. The lowest BCUT2D eigenvalue weighted by Crippen LogP contribution is -2.52. The number of anilines is 2. The molecule has 0 amide bonds. The Labute approximate surface area is 243 Å². The maximum atomic E-state index is 15.1. The summed E-state index contributed by atoms with van der Waals surface area (Å²) in [7, 11) is 0. The van der Waals surface area contributed by atoms with Crippen molar-refractivity contribution in [3.8, 4) is 11.8 Å². The molecule has 4 saturated heterocycles. The van der Waals surface area contributed by atoms with Gasteiger partial charge in [0.2, 0.25) is 0 Å². The van der Waals surface area contributed by atoms with Crippen LogP contribution in [0.15, 0.2) is 24.3 Å². The van der Waals surface area contributed by atoms with E-state index < -0.39 is 23.3 Å². The van der Waals surface area contributed by atoms with Crippen LogP contribution in [0.25, 0.3) is 10.8 Å². The highest BCUT2D eigenvalue weighted by Gasteiger charge is 2.49. The summed E-state index contributed by atoms with van der Waals surface area (Å²) >= 11 is 0. The van der Waals surface area contributed by atoms with Gasteiger partial charge in [-0.05, 0) is 56.2 Å². The summed E-state index contributed by atoms with van der Waals surface area (Å²) < 4.78 is 58.6. The highest BCUT2D eigenvalue weighted by atomic mass is 19.2. The fourth-order valence-corrected chi connectivity index (χ4v) is 7.97. The molecule has 222 valence electrons. The van der Waals surface area contributed by atoms with E-state index in [1.165, 1.54) is 18.2 Å². The Morgan fingerprint density at radius 2 is 1.93 bits per heavy atom. The van der Waals surface area contributed by atoms with Crippen LogP contribution >= 0.6 is 0 Å². The lowest BCUT2D eigenvalue weighted by atomic mass is 9.95. The van der Waals surface area contributed by atoms with Crippen molar-refractivity contribution in [1.82, 2.24) is 20.2 Å². The number of aromatic nitrogens is 2. The van der Waals surface area contributed by atoms with Gasteiger partial charge in [-0.25, -0.2) is 13.2 Å². The number of rotatable bonds is 5. The summed E-state index contributed by atoms with van der Waals surface area (Å²) in [5.74, 6) is -1.08. The van der Waals surface area contributed by atoms with E-state index in [2.05, 4.69) is 10.2 Å². The molecule has 2 aromatic carbocycles. The van der Waals surface area contributed by atoms with E-state index >= 15 is 4.39 Å². The lowest BCUT2D eigenvalue weighted by Gasteiger charge is -2.38. The van der Waals surface area contributed by atoms with Crippen molar-refractivity contribution in [1.29, 1.82) is 0 Å². The van der Waals surface area contributed by atoms with Crippen molar-refractivity contribution in [3.63, 3.8) is 0 Å². The summed E-state index contributed by atoms with van der Waals surface area (Å²) in [6.07, 6.45) is 2.62. The van der Waals surface area contributed by atoms with E-state index in [9.17, 15) is 13.9 Å². The van der Waals surface area contributed by atoms with Crippen LogP contribution in [0.5, 0.6) is 11.8 Å². The molecule has 8 rings (SSSR count). The minimum absolute atomic E-state index is 0.0294. The molecule has 0 aliphatic carbocycles. The highest BCUT2D eigenvalue weighted by molar-refractivity contribution is 5.96. The molecule has 2 N–H and O–H groups in total. The summed E-state index contributed by atoms with van der Waals surface area (Å²) in [4.78, 5) is 16.0. The Bertz CT molecular complexity index is 1600. The first-order valence-electron chi connectivity index (χ1n) is 15.5. The second-order valence-corrected chi connectivity index (χ2v) is 12.6. The zero-order valence-electron chi connectivity index (χ0n) is 24.4. The predicted octanol–water partition coefficient (Wildman–Crippen LogP) is 4.07. The molecule has 4 fully saturated rings. The van der Waals surface area contributed by atoms with Gasteiger partial charge in [0, 0.05) is 61.7 Å². The first kappa shape index (κ1) is 25.2. The van der Waals surface area contributed by atoms with Gasteiger partial charge in [0.25, 0.3) is 0 Å². The SMILES string of the molecule is [2H][C@]1(F)CN2CCC[C@@]2(COc2nc3c(c(N4C[C@H]5CC[C@@H](C4)N5)n2)CCN(c2cc(O)cc4ccc(F)c(F)c24)C3)C1. The third-order valence-corrected chi connectivity index (χ3v) is 9.94. The van der Waals surface area contributed by atoms with E-state index in [-0.39, 0.29) is 36.7 Å². The number of alkyl halides is 1. The maximum absolute atomic E-state index is 15.1. The Morgan fingerprint density at radius 3 is 2.76 bits per heavy atom. The summed E-state index contributed by atoms with van der Waals surface area (Å²) in [6, 6.07) is 6.44. The first-order valence-corrected chi connectivity index (χ1v) is 15.0. The molecule has 1 aromatic heterocycles. The van der Waals surface area contributed by atoms with Crippen LogP contribution in [0.1, 0.15) is 44.7 Å². The minimum atomic E-state index is -2.00. The van der Waals surface area contributed by atoms with Gasteiger partial charge >= 0.3 is 6.01 Å². The van der Waals surface area contributed by atoms with Crippen LogP contribution < -0.4 is 19.9 Å². The number of phenols is 1.